The summed E-state index contributed by atoms with van der Waals surface area (Å²) in [7, 11) is 0. The fourth-order valence-corrected chi connectivity index (χ4v) is 2.28. The Morgan fingerprint density at radius 2 is 1.40 bits per heavy atom. The number of amides is 2. The number of carbonyl (C=O) groups excluding carboxylic acids is 2. The second-order valence-electron chi connectivity index (χ2n) is 5.63. The van der Waals surface area contributed by atoms with Gasteiger partial charge < -0.3 is 15.4 Å². The predicted molar refractivity (Wildman–Crippen MR) is 97.3 cm³/mol. The number of benzene rings is 2. The minimum absolute atomic E-state index is 0.0334. The quantitative estimate of drug-likeness (QED) is 0.652. The predicted octanol–water partition coefficient (Wildman–Crippen LogP) is 2.32. The maximum absolute atomic E-state index is 11.8. The van der Waals surface area contributed by atoms with Crippen molar-refractivity contribution in [3.63, 3.8) is 0 Å². The molecule has 2 aromatic carbocycles. The Bertz CT molecular complexity index is 645. The summed E-state index contributed by atoms with van der Waals surface area (Å²) >= 11 is 0. The van der Waals surface area contributed by atoms with E-state index in [1.165, 1.54) is 0 Å². The van der Waals surface area contributed by atoms with Crippen molar-refractivity contribution < 1.29 is 14.3 Å². The fraction of sp³-hybridized carbons (Fsp3) is 0.300. The molecule has 0 radical (unpaired) electrons. The van der Waals surface area contributed by atoms with Gasteiger partial charge in [0.15, 0.2) is 0 Å². The largest absolute Gasteiger partial charge is 0.494 e. The van der Waals surface area contributed by atoms with Crippen LogP contribution in [0.1, 0.15) is 18.4 Å². The van der Waals surface area contributed by atoms with Crippen LogP contribution in [0.4, 0.5) is 0 Å². The second kappa shape index (κ2) is 10.9. The molecule has 5 heteroatoms. The molecule has 2 N–H and O–H groups in total. The normalized spacial score (nSPS) is 10.1. The van der Waals surface area contributed by atoms with E-state index in [1.807, 2.05) is 60.7 Å². The number of hydrogen-bond donors (Lipinski definition) is 2. The molecule has 25 heavy (non-hydrogen) atoms. The molecule has 0 aliphatic carbocycles. The number of nitrogens with one attached hydrogen (secondary N) is 2. The highest BCUT2D eigenvalue weighted by atomic mass is 16.5. The minimum atomic E-state index is -0.0447. The van der Waals surface area contributed by atoms with Gasteiger partial charge in [0.25, 0.3) is 0 Å². The van der Waals surface area contributed by atoms with Crippen LogP contribution in [0.3, 0.4) is 0 Å². The van der Waals surface area contributed by atoms with Gasteiger partial charge in [0.05, 0.1) is 13.0 Å². The maximum Gasteiger partial charge on any atom is 0.224 e. The smallest absolute Gasteiger partial charge is 0.224 e. The molecule has 5 nitrogen and oxygen atoms in total. The SMILES string of the molecule is O=C(CCCOc1ccccc1)NCCNC(=O)Cc1ccccc1. The molecule has 0 heterocycles. The zero-order valence-corrected chi connectivity index (χ0v) is 14.2. The summed E-state index contributed by atoms with van der Waals surface area (Å²) in [6, 6.07) is 19.1. The number of carbonyl (C=O) groups is 2. The van der Waals surface area contributed by atoms with Crippen molar-refractivity contribution in [3.8, 4) is 5.75 Å². The molecule has 0 unspecified atom stereocenters. The van der Waals surface area contributed by atoms with Crippen molar-refractivity contribution in [2.45, 2.75) is 19.3 Å². The van der Waals surface area contributed by atoms with Crippen LogP contribution in [0, 0.1) is 0 Å². The standard InChI is InChI=1S/C20H24N2O3/c23-19(12-7-15-25-18-10-5-2-6-11-18)21-13-14-22-20(24)16-17-8-3-1-4-9-17/h1-6,8-11H,7,12-16H2,(H,21,23)(H,22,24). The lowest BCUT2D eigenvalue weighted by atomic mass is 10.1. The van der Waals surface area contributed by atoms with E-state index in [-0.39, 0.29) is 11.8 Å². The Labute approximate surface area is 148 Å². The van der Waals surface area contributed by atoms with Crippen LogP contribution in [-0.2, 0) is 16.0 Å². The average Bonchev–Trinajstić information content (AvgIpc) is 2.64. The van der Waals surface area contributed by atoms with Gasteiger partial charge in [-0.05, 0) is 24.1 Å². The van der Waals surface area contributed by atoms with E-state index in [2.05, 4.69) is 10.6 Å². The zero-order chi connectivity index (χ0) is 17.7. The molecule has 2 rings (SSSR count). The molecule has 132 valence electrons. The van der Waals surface area contributed by atoms with Crippen LogP contribution in [0.25, 0.3) is 0 Å². The van der Waals surface area contributed by atoms with Crippen LogP contribution in [0.15, 0.2) is 60.7 Å². The first-order chi connectivity index (χ1) is 12.2. The average molecular weight is 340 g/mol. The number of hydrogen-bond acceptors (Lipinski definition) is 3. The van der Waals surface area contributed by atoms with Crippen molar-refractivity contribution in [1.82, 2.24) is 10.6 Å². The summed E-state index contributed by atoms with van der Waals surface area (Å²) in [5, 5.41) is 5.59. The highest BCUT2D eigenvalue weighted by Gasteiger charge is 2.04. The molecular formula is C20H24N2O3. The lowest BCUT2D eigenvalue weighted by Crippen LogP contribution is -2.35. The van der Waals surface area contributed by atoms with Crippen LogP contribution in [-0.4, -0.2) is 31.5 Å². The van der Waals surface area contributed by atoms with Crippen LogP contribution in [0.2, 0.25) is 0 Å². The maximum atomic E-state index is 11.8. The summed E-state index contributed by atoms with van der Waals surface area (Å²) < 4.78 is 5.53. The third kappa shape index (κ3) is 8.01. The van der Waals surface area contributed by atoms with Gasteiger partial charge in [0, 0.05) is 19.5 Å². The van der Waals surface area contributed by atoms with Crippen LogP contribution in [0.5, 0.6) is 5.75 Å². The van der Waals surface area contributed by atoms with E-state index in [4.69, 9.17) is 4.74 Å². The molecule has 0 saturated carbocycles. The van der Waals surface area contributed by atoms with Crippen molar-refractivity contribution >= 4 is 11.8 Å². The molecule has 0 aliphatic rings. The van der Waals surface area contributed by atoms with Gasteiger partial charge >= 0.3 is 0 Å². The van der Waals surface area contributed by atoms with Crippen molar-refractivity contribution in [2.75, 3.05) is 19.7 Å². The van der Waals surface area contributed by atoms with Gasteiger partial charge in [-0.2, -0.15) is 0 Å². The Kier molecular flexibility index (Phi) is 8.05. The monoisotopic (exact) mass is 340 g/mol. The first-order valence-electron chi connectivity index (χ1n) is 8.49. The molecule has 0 bridgehead atoms. The zero-order valence-electron chi connectivity index (χ0n) is 14.2. The van der Waals surface area contributed by atoms with E-state index in [9.17, 15) is 9.59 Å². The van der Waals surface area contributed by atoms with E-state index < -0.39 is 0 Å². The first kappa shape index (κ1) is 18.5. The molecule has 0 saturated heterocycles. The van der Waals surface area contributed by atoms with E-state index in [0.717, 1.165) is 11.3 Å². The summed E-state index contributed by atoms with van der Waals surface area (Å²) in [4.78, 5) is 23.5. The highest BCUT2D eigenvalue weighted by Crippen LogP contribution is 2.08. The summed E-state index contributed by atoms with van der Waals surface area (Å²) in [6.45, 7) is 1.36. The van der Waals surface area contributed by atoms with Crippen molar-refractivity contribution in [1.29, 1.82) is 0 Å². The molecule has 2 amide bonds. The molecular weight excluding hydrogens is 316 g/mol. The van der Waals surface area contributed by atoms with Crippen molar-refractivity contribution in [3.05, 3.63) is 66.2 Å². The Morgan fingerprint density at radius 3 is 2.08 bits per heavy atom. The topological polar surface area (TPSA) is 67.4 Å². The van der Waals surface area contributed by atoms with Gasteiger partial charge in [-0.3, -0.25) is 9.59 Å². The van der Waals surface area contributed by atoms with E-state index >= 15 is 0 Å². The summed E-state index contributed by atoms with van der Waals surface area (Å²) in [6.07, 6.45) is 1.41. The lowest BCUT2D eigenvalue weighted by Gasteiger charge is -2.08. The third-order valence-corrected chi connectivity index (χ3v) is 3.54. The number of para-hydroxylation sites is 1. The van der Waals surface area contributed by atoms with Gasteiger partial charge in [-0.25, -0.2) is 0 Å². The molecule has 0 spiro atoms. The Morgan fingerprint density at radius 1 is 0.800 bits per heavy atom. The number of ether oxygens (including phenoxy) is 1. The number of rotatable bonds is 10. The van der Waals surface area contributed by atoms with Gasteiger partial charge in [0.1, 0.15) is 5.75 Å². The Hall–Kier alpha value is -2.82. The van der Waals surface area contributed by atoms with Gasteiger partial charge in [-0.1, -0.05) is 48.5 Å². The fourth-order valence-electron chi connectivity index (χ4n) is 2.28. The Balaban J connectivity index is 1.48. The molecule has 2 aromatic rings. The van der Waals surface area contributed by atoms with Gasteiger partial charge in [-0.15, -0.1) is 0 Å². The third-order valence-electron chi connectivity index (χ3n) is 3.54. The summed E-state index contributed by atoms with van der Waals surface area (Å²) in [5.41, 5.74) is 0.974. The van der Waals surface area contributed by atoms with E-state index in [0.29, 0.717) is 39.0 Å². The minimum Gasteiger partial charge on any atom is -0.494 e. The lowest BCUT2D eigenvalue weighted by molar-refractivity contribution is -0.122. The second-order valence-corrected chi connectivity index (χ2v) is 5.63. The molecule has 0 atom stereocenters. The first-order valence-corrected chi connectivity index (χ1v) is 8.49. The molecule has 0 fully saturated rings. The van der Waals surface area contributed by atoms with Crippen LogP contribution >= 0.6 is 0 Å². The highest BCUT2D eigenvalue weighted by molar-refractivity contribution is 5.78. The molecule has 0 aliphatic heterocycles. The van der Waals surface area contributed by atoms with E-state index in [1.54, 1.807) is 0 Å². The van der Waals surface area contributed by atoms with Crippen LogP contribution < -0.4 is 15.4 Å². The van der Waals surface area contributed by atoms with Crippen molar-refractivity contribution in [2.24, 2.45) is 0 Å². The summed E-state index contributed by atoms with van der Waals surface area (Å²) in [5.74, 6) is 0.731. The molecule has 0 aromatic heterocycles. The van der Waals surface area contributed by atoms with Gasteiger partial charge in [0.2, 0.25) is 11.8 Å².